The second kappa shape index (κ2) is 9.98. The first-order valence-corrected chi connectivity index (χ1v) is 10.5. The number of urea groups is 1. The first-order valence-electron chi connectivity index (χ1n) is 10.1. The van der Waals surface area contributed by atoms with E-state index in [2.05, 4.69) is 32.8 Å². The third-order valence-corrected chi connectivity index (χ3v) is 5.66. The van der Waals surface area contributed by atoms with Crippen LogP contribution in [0.4, 0.5) is 16.2 Å². The molecule has 1 aliphatic carbocycles. The maximum absolute atomic E-state index is 12.4. The predicted octanol–water partition coefficient (Wildman–Crippen LogP) is 2.66. The lowest BCUT2D eigenvalue weighted by Crippen LogP contribution is -2.45. The maximum atomic E-state index is 12.4. The highest BCUT2D eigenvalue weighted by atomic mass is 35.5. The SMILES string of the molecule is CN1CCN(c2ccc(Cl)cc2NC(=O)CNC(=O)NC2CCCCC2)CC1. The summed E-state index contributed by atoms with van der Waals surface area (Å²) in [6, 6.07) is 5.46. The molecule has 1 saturated heterocycles. The molecule has 3 rings (SSSR count). The van der Waals surface area contributed by atoms with Gasteiger partial charge in [0.05, 0.1) is 17.9 Å². The highest BCUT2D eigenvalue weighted by molar-refractivity contribution is 6.31. The lowest BCUT2D eigenvalue weighted by molar-refractivity contribution is -0.115. The monoisotopic (exact) mass is 407 g/mol. The van der Waals surface area contributed by atoms with Crippen molar-refractivity contribution in [2.45, 2.75) is 38.1 Å². The Labute approximate surface area is 171 Å². The smallest absolute Gasteiger partial charge is 0.315 e. The van der Waals surface area contributed by atoms with E-state index in [4.69, 9.17) is 11.6 Å². The maximum Gasteiger partial charge on any atom is 0.315 e. The average Bonchev–Trinajstić information content (AvgIpc) is 2.68. The predicted molar refractivity (Wildman–Crippen MR) is 113 cm³/mol. The number of piperazine rings is 1. The molecule has 7 nitrogen and oxygen atoms in total. The van der Waals surface area contributed by atoms with E-state index in [0.717, 1.165) is 57.5 Å². The lowest BCUT2D eigenvalue weighted by atomic mass is 9.96. The van der Waals surface area contributed by atoms with Gasteiger partial charge >= 0.3 is 6.03 Å². The molecule has 1 aliphatic heterocycles. The minimum absolute atomic E-state index is 0.0761. The van der Waals surface area contributed by atoms with Gasteiger partial charge in [-0.2, -0.15) is 0 Å². The molecule has 0 aromatic heterocycles. The van der Waals surface area contributed by atoms with Crippen LogP contribution in [0.5, 0.6) is 0 Å². The van der Waals surface area contributed by atoms with Gasteiger partial charge in [-0.25, -0.2) is 4.79 Å². The summed E-state index contributed by atoms with van der Waals surface area (Å²) in [6.07, 6.45) is 5.55. The Morgan fingerprint density at radius 3 is 2.54 bits per heavy atom. The van der Waals surface area contributed by atoms with Crippen LogP contribution < -0.4 is 20.9 Å². The number of anilines is 2. The summed E-state index contributed by atoms with van der Waals surface area (Å²) < 4.78 is 0. The van der Waals surface area contributed by atoms with Crippen LogP contribution in [0.1, 0.15) is 32.1 Å². The van der Waals surface area contributed by atoms with Crippen molar-refractivity contribution >= 4 is 34.9 Å². The Bertz CT molecular complexity index is 685. The van der Waals surface area contributed by atoms with Crippen LogP contribution in [0.15, 0.2) is 18.2 Å². The van der Waals surface area contributed by atoms with E-state index in [1.165, 1.54) is 6.42 Å². The Morgan fingerprint density at radius 2 is 1.82 bits per heavy atom. The number of carbonyl (C=O) groups is 2. The average molecular weight is 408 g/mol. The number of benzene rings is 1. The van der Waals surface area contributed by atoms with E-state index >= 15 is 0 Å². The molecule has 2 fully saturated rings. The minimum Gasteiger partial charge on any atom is -0.367 e. The molecule has 154 valence electrons. The number of nitrogens with one attached hydrogen (secondary N) is 3. The molecule has 1 saturated carbocycles. The molecule has 0 bridgehead atoms. The molecule has 28 heavy (non-hydrogen) atoms. The molecule has 8 heteroatoms. The van der Waals surface area contributed by atoms with E-state index < -0.39 is 0 Å². The zero-order chi connectivity index (χ0) is 19.9. The van der Waals surface area contributed by atoms with Gasteiger partial charge in [-0.15, -0.1) is 0 Å². The lowest BCUT2D eigenvalue weighted by Gasteiger charge is -2.35. The standard InChI is InChI=1S/C20H30ClN5O2/c1-25-9-11-26(12-10-25)18-8-7-15(21)13-17(18)24-19(27)14-22-20(28)23-16-5-3-2-4-6-16/h7-8,13,16H,2-6,9-12,14H2,1H3,(H,24,27)(H2,22,23,28). The molecule has 0 unspecified atom stereocenters. The van der Waals surface area contributed by atoms with Gasteiger partial charge in [-0.05, 0) is 38.1 Å². The van der Waals surface area contributed by atoms with Gasteiger partial charge < -0.3 is 25.8 Å². The van der Waals surface area contributed by atoms with Gasteiger partial charge in [0, 0.05) is 37.2 Å². The summed E-state index contributed by atoms with van der Waals surface area (Å²) in [4.78, 5) is 28.9. The van der Waals surface area contributed by atoms with Crippen LogP contribution in [0.25, 0.3) is 0 Å². The van der Waals surface area contributed by atoms with Crippen molar-refractivity contribution in [3.05, 3.63) is 23.2 Å². The molecule has 3 amide bonds. The Morgan fingerprint density at radius 1 is 1.11 bits per heavy atom. The van der Waals surface area contributed by atoms with Crippen molar-refractivity contribution in [2.75, 3.05) is 50.0 Å². The third kappa shape index (κ3) is 6.01. The fraction of sp³-hybridized carbons (Fsp3) is 0.600. The van der Waals surface area contributed by atoms with E-state index in [1.54, 1.807) is 6.07 Å². The molecule has 2 aliphatic rings. The number of nitrogens with zero attached hydrogens (tertiary/aromatic N) is 2. The number of hydrogen-bond acceptors (Lipinski definition) is 4. The summed E-state index contributed by atoms with van der Waals surface area (Å²) in [5, 5.41) is 9.07. The van der Waals surface area contributed by atoms with Gasteiger partial charge in [0.25, 0.3) is 0 Å². The van der Waals surface area contributed by atoms with Crippen molar-refractivity contribution in [2.24, 2.45) is 0 Å². The first-order chi connectivity index (χ1) is 13.5. The first kappa shape index (κ1) is 20.7. The van der Waals surface area contributed by atoms with Crippen molar-refractivity contribution < 1.29 is 9.59 Å². The van der Waals surface area contributed by atoms with E-state index in [9.17, 15) is 9.59 Å². The molecule has 0 spiro atoms. The van der Waals surface area contributed by atoms with E-state index in [0.29, 0.717) is 10.7 Å². The van der Waals surface area contributed by atoms with Gasteiger partial charge in [0.15, 0.2) is 0 Å². The second-order valence-corrected chi connectivity index (χ2v) is 8.10. The Hall–Kier alpha value is -1.99. The fourth-order valence-electron chi connectivity index (χ4n) is 3.77. The van der Waals surface area contributed by atoms with Crippen LogP contribution in [-0.4, -0.2) is 62.7 Å². The quantitative estimate of drug-likeness (QED) is 0.701. The van der Waals surface area contributed by atoms with Crippen molar-refractivity contribution in [1.82, 2.24) is 15.5 Å². The fourth-order valence-corrected chi connectivity index (χ4v) is 3.94. The van der Waals surface area contributed by atoms with Crippen molar-refractivity contribution in [1.29, 1.82) is 0 Å². The number of amides is 3. The van der Waals surface area contributed by atoms with E-state index in [-0.39, 0.29) is 24.5 Å². The molecule has 0 radical (unpaired) electrons. The number of carbonyl (C=O) groups excluding carboxylic acids is 2. The minimum atomic E-state index is -0.285. The molecule has 1 heterocycles. The van der Waals surface area contributed by atoms with Crippen LogP contribution in [-0.2, 0) is 4.79 Å². The molecule has 3 N–H and O–H groups in total. The largest absolute Gasteiger partial charge is 0.367 e. The zero-order valence-corrected chi connectivity index (χ0v) is 17.2. The highest BCUT2D eigenvalue weighted by Crippen LogP contribution is 2.30. The second-order valence-electron chi connectivity index (χ2n) is 7.66. The van der Waals surface area contributed by atoms with E-state index in [1.807, 2.05) is 12.1 Å². The van der Waals surface area contributed by atoms with Crippen molar-refractivity contribution in [3.8, 4) is 0 Å². The summed E-state index contributed by atoms with van der Waals surface area (Å²) in [5.74, 6) is -0.267. The number of halogens is 1. The van der Waals surface area contributed by atoms with Crippen LogP contribution in [0, 0.1) is 0 Å². The Balaban J connectivity index is 1.53. The number of likely N-dealkylation sites (N-methyl/N-ethyl adjacent to an activating group) is 1. The summed E-state index contributed by atoms with van der Waals surface area (Å²) in [7, 11) is 2.10. The summed E-state index contributed by atoms with van der Waals surface area (Å²) in [5.41, 5.74) is 1.63. The van der Waals surface area contributed by atoms with Crippen LogP contribution in [0.2, 0.25) is 5.02 Å². The van der Waals surface area contributed by atoms with Gasteiger partial charge in [0.1, 0.15) is 0 Å². The summed E-state index contributed by atoms with van der Waals surface area (Å²) in [6.45, 7) is 3.65. The Kier molecular flexibility index (Phi) is 7.39. The van der Waals surface area contributed by atoms with Crippen LogP contribution in [0.3, 0.4) is 0 Å². The van der Waals surface area contributed by atoms with Gasteiger partial charge in [-0.1, -0.05) is 30.9 Å². The van der Waals surface area contributed by atoms with Crippen LogP contribution >= 0.6 is 11.6 Å². The third-order valence-electron chi connectivity index (χ3n) is 5.43. The van der Waals surface area contributed by atoms with Crippen molar-refractivity contribution in [3.63, 3.8) is 0 Å². The number of hydrogen-bond donors (Lipinski definition) is 3. The molecular formula is C20H30ClN5O2. The molecule has 1 aromatic carbocycles. The number of rotatable bonds is 5. The summed E-state index contributed by atoms with van der Waals surface area (Å²) >= 11 is 6.14. The molecule has 0 atom stereocenters. The molecule has 1 aromatic rings. The van der Waals surface area contributed by atoms with Gasteiger partial charge in [-0.3, -0.25) is 4.79 Å². The molecular weight excluding hydrogens is 378 g/mol. The topological polar surface area (TPSA) is 76.7 Å². The highest BCUT2D eigenvalue weighted by Gasteiger charge is 2.19. The normalized spacial score (nSPS) is 18.6. The zero-order valence-electron chi connectivity index (χ0n) is 16.5. The van der Waals surface area contributed by atoms with Gasteiger partial charge in [0.2, 0.25) is 5.91 Å².